The normalized spacial score (nSPS) is 11.9. The van der Waals surface area contributed by atoms with E-state index in [4.69, 9.17) is 11.6 Å². The lowest BCUT2D eigenvalue weighted by Gasteiger charge is -2.12. The number of para-hydroxylation sites is 1. The van der Waals surface area contributed by atoms with E-state index in [0.717, 1.165) is 6.07 Å². The predicted molar refractivity (Wildman–Crippen MR) is 79.7 cm³/mol. The highest BCUT2D eigenvalue weighted by Crippen LogP contribution is 2.34. The third kappa shape index (κ3) is 2.64. The maximum Gasteiger partial charge on any atom is 0.418 e. The standard InChI is InChI=1S/C16H10ClF3N2/c1-9-14(10-5-7-11(17)8-6-10)22-15-12(16(18,19)20)3-2-4-13(15)21-9/h2-8H,1H3. The third-order valence-electron chi connectivity index (χ3n) is 3.29. The zero-order chi connectivity index (χ0) is 15.9. The van der Waals surface area contributed by atoms with E-state index in [0.29, 0.717) is 22.0 Å². The Kier molecular flexibility index (Phi) is 3.53. The number of fused-ring (bicyclic) bond motifs is 1. The number of rotatable bonds is 1. The van der Waals surface area contributed by atoms with E-state index in [-0.39, 0.29) is 11.0 Å². The number of nitrogens with zero attached hydrogens (tertiary/aromatic N) is 2. The maximum absolute atomic E-state index is 13.1. The SMILES string of the molecule is Cc1nc2cccc(C(F)(F)F)c2nc1-c1ccc(Cl)cc1. The second-order valence-corrected chi connectivity index (χ2v) is 5.27. The summed E-state index contributed by atoms with van der Waals surface area (Å²) in [5.74, 6) is 0. The number of aryl methyl sites for hydroxylation is 1. The summed E-state index contributed by atoms with van der Waals surface area (Å²) in [6.07, 6.45) is -4.47. The molecule has 0 aliphatic rings. The lowest BCUT2D eigenvalue weighted by atomic mass is 10.1. The number of aromatic nitrogens is 2. The summed E-state index contributed by atoms with van der Waals surface area (Å²) >= 11 is 5.83. The Morgan fingerprint density at radius 3 is 2.27 bits per heavy atom. The quantitative estimate of drug-likeness (QED) is 0.609. The number of hydrogen-bond acceptors (Lipinski definition) is 2. The van der Waals surface area contributed by atoms with Crippen molar-refractivity contribution in [2.24, 2.45) is 0 Å². The summed E-state index contributed by atoms with van der Waals surface area (Å²) in [5, 5.41) is 0.547. The molecule has 1 aromatic heterocycles. The van der Waals surface area contributed by atoms with E-state index < -0.39 is 11.7 Å². The third-order valence-corrected chi connectivity index (χ3v) is 3.54. The smallest absolute Gasteiger partial charge is 0.249 e. The highest BCUT2D eigenvalue weighted by molar-refractivity contribution is 6.30. The first kappa shape index (κ1) is 14.8. The Bertz CT molecular complexity index is 842. The summed E-state index contributed by atoms with van der Waals surface area (Å²) in [4.78, 5) is 8.47. The van der Waals surface area contributed by atoms with E-state index >= 15 is 0 Å². The Morgan fingerprint density at radius 1 is 0.955 bits per heavy atom. The minimum Gasteiger partial charge on any atom is -0.249 e. The fraction of sp³-hybridized carbons (Fsp3) is 0.125. The first-order valence-corrected chi connectivity index (χ1v) is 6.84. The van der Waals surface area contributed by atoms with Crippen LogP contribution >= 0.6 is 11.6 Å². The van der Waals surface area contributed by atoms with Crippen molar-refractivity contribution in [3.63, 3.8) is 0 Å². The molecule has 0 amide bonds. The van der Waals surface area contributed by atoms with Gasteiger partial charge in [0, 0.05) is 10.6 Å². The Balaban J connectivity index is 2.28. The van der Waals surface area contributed by atoms with Gasteiger partial charge in [-0.25, -0.2) is 9.97 Å². The van der Waals surface area contributed by atoms with Gasteiger partial charge in [0.1, 0.15) is 5.52 Å². The van der Waals surface area contributed by atoms with E-state index in [2.05, 4.69) is 9.97 Å². The number of halogens is 4. The summed E-state index contributed by atoms with van der Waals surface area (Å²) in [7, 11) is 0. The van der Waals surface area contributed by atoms with Gasteiger partial charge >= 0.3 is 6.18 Å². The van der Waals surface area contributed by atoms with Gasteiger partial charge in [-0.2, -0.15) is 13.2 Å². The molecule has 0 atom stereocenters. The molecule has 0 spiro atoms. The molecule has 22 heavy (non-hydrogen) atoms. The molecule has 2 nitrogen and oxygen atoms in total. The van der Waals surface area contributed by atoms with Crippen LogP contribution in [-0.2, 0) is 6.18 Å². The molecule has 0 radical (unpaired) electrons. The Labute approximate surface area is 129 Å². The fourth-order valence-corrected chi connectivity index (χ4v) is 2.40. The van der Waals surface area contributed by atoms with Gasteiger partial charge in [-0.1, -0.05) is 29.8 Å². The molecule has 3 aromatic rings. The second kappa shape index (κ2) is 5.25. The largest absolute Gasteiger partial charge is 0.418 e. The monoisotopic (exact) mass is 322 g/mol. The lowest BCUT2D eigenvalue weighted by Crippen LogP contribution is -2.08. The highest BCUT2D eigenvalue weighted by Gasteiger charge is 2.33. The molecule has 3 rings (SSSR count). The van der Waals surface area contributed by atoms with Crippen LogP contribution in [0.2, 0.25) is 5.02 Å². The molecule has 0 aliphatic heterocycles. The second-order valence-electron chi connectivity index (χ2n) is 4.84. The molecule has 1 heterocycles. The van der Waals surface area contributed by atoms with E-state index in [1.54, 1.807) is 31.2 Å². The van der Waals surface area contributed by atoms with Crippen molar-refractivity contribution in [2.75, 3.05) is 0 Å². The molecule has 0 saturated carbocycles. The number of hydrogen-bond donors (Lipinski definition) is 0. The van der Waals surface area contributed by atoms with Crippen LogP contribution in [0.5, 0.6) is 0 Å². The summed E-state index contributed by atoms with van der Waals surface area (Å²) in [6.45, 7) is 1.72. The molecule has 0 unspecified atom stereocenters. The van der Waals surface area contributed by atoms with Crippen LogP contribution < -0.4 is 0 Å². The van der Waals surface area contributed by atoms with Crippen LogP contribution in [0.4, 0.5) is 13.2 Å². The average Bonchev–Trinajstić information content (AvgIpc) is 2.46. The molecule has 0 fully saturated rings. The van der Waals surface area contributed by atoms with E-state index in [1.165, 1.54) is 12.1 Å². The molecule has 112 valence electrons. The highest BCUT2D eigenvalue weighted by atomic mass is 35.5. The van der Waals surface area contributed by atoms with Crippen LogP contribution in [0.3, 0.4) is 0 Å². The van der Waals surface area contributed by atoms with Crippen molar-refractivity contribution < 1.29 is 13.2 Å². The summed E-state index contributed by atoms with van der Waals surface area (Å²) < 4.78 is 39.4. The molecule has 0 N–H and O–H groups in total. The molecule has 0 saturated heterocycles. The average molecular weight is 323 g/mol. The van der Waals surface area contributed by atoms with Gasteiger partial charge in [0.2, 0.25) is 0 Å². The minimum atomic E-state index is -4.47. The van der Waals surface area contributed by atoms with E-state index in [1.807, 2.05) is 0 Å². The van der Waals surface area contributed by atoms with Gasteiger partial charge in [0.15, 0.2) is 0 Å². The van der Waals surface area contributed by atoms with E-state index in [9.17, 15) is 13.2 Å². The Hall–Kier alpha value is -2.14. The summed E-state index contributed by atoms with van der Waals surface area (Å²) in [6, 6.07) is 10.6. The van der Waals surface area contributed by atoms with Crippen LogP contribution in [-0.4, -0.2) is 9.97 Å². The zero-order valence-electron chi connectivity index (χ0n) is 11.4. The molecule has 2 aromatic carbocycles. The van der Waals surface area contributed by atoms with Crippen molar-refractivity contribution in [1.29, 1.82) is 0 Å². The van der Waals surface area contributed by atoms with Crippen LogP contribution in [0, 0.1) is 6.92 Å². The van der Waals surface area contributed by atoms with Crippen molar-refractivity contribution in [3.8, 4) is 11.3 Å². The Morgan fingerprint density at radius 2 is 1.64 bits per heavy atom. The van der Waals surface area contributed by atoms with Gasteiger partial charge in [0.05, 0.1) is 22.5 Å². The van der Waals surface area contributed by atoms with Gasteiger partial charge < -0.3 is 0 Å². The molecule has 0 aliphatic carbocycles. The first-order chi connectivity index (χ1) is 10.4. The number of alkyl halides is 3. The maximum atomic E-state index is 13.1. The van der Waals surface area contributed by atoms with Crippen LogP contribution in [0.25, 0.3) is 22.3 Å². The van der Waals surface area contributed by atoms with Crippen molar-refractivity contribution in [3.05, 3.63) is 58.7 Å². The molecular weight excluding hydrogens is 313 g/mol. The summed E-state index contributed by atoms with van der Waals surface area (Å²) in [5.41, 5.74) is 0.951. The van der Waals surface area contributed by atoms with Crippen molar-refractivity contribution in [1.82, 2.24) is 9.97 Å². The zero-order valence-corrected chi connectivity index (χ0v) is 12.2. The fourth-order valence-electron chi connectivity index (χ4n) is 2.28. The van der Waals surface area contributed by atoms with Gasteiger partial charge in [0.25, 0.3) is 0 Å². The number of benzene rings is 2. The minimum absolute atomic E-state index is 0.148. The van der Waals surface area contributed by atoms with Crippen molar-refractivity contribution >= 4 is 22.6 Å². The van der Waals surface area contributed by atoms with Gasteiger partial charge in [-0.3, -0.25) is 0 Å². The topological polar surface area (TPSA) is 25.8 Å². The van der Waals surface area contributed by atoms with Gasteiger partial charge in [-0.05, 0) is 31.2 Å². The molecular formula is C16H10ClF3N2. The molecule has 0 bridgehead atoms. The van der Waals surface area contributed by atoms with Crippen LogP contribution in [0.15, 0.2) is 42.5 Å². The predicted octanol–water partition coefficient (Wildman–Crippen LogP) is 5.28. The lowest BCUT2D eigenvalue weighted by molar-refractivity contribution is -0.136. The first-order valence-electron chi connectivity index (χ1n) is 6.47. The molecule has 6 heteroatoms. The van der Waals surface area contributed by atoms with Crippen molar-refractivity contribution in [2.45, 2.75) is 13.1 Å². The van der Waals surface area contributed by atoms with Gasteiger partial charge in [-0.15, -0.1) is 0 Å². The van der Waals surface area contributed by atoms with Crippen LogP contribution in [0.1, 0.15) is 11.3 Å².